The minimum atomic E-state index is 0.720. The SMILES string of the molecule is CN(CCCCNc1ccnc2cc(Cl)ccc12)CCN1c2ccccc2CCc2ccccc21. The molecule has 0 saturated carbocycles. The smallest absolute Gasteiger partial charge is 0.0737 e. The number of hydrogen-bond acceptors (Lipinski definition) is 4. The van der Waals surface area contributed by atoms with E-state index in [1.54, 1.807) is 0 Å². The number of rotatable bonds is 9. The van der Waals surface area contributed by atoms with Crippen molar-refractivity contribution in [3.8, 4) is 0 Å². The Balaban J connectivity index is 1.13. The van der Waals surface area contributed by atoms with Crippen molar-refractivity contribution >= 4 is 39.6 Å². The fourth-order valence-electron chi connectivity index (χ4n) is 5.00. The average molecular weight is 485 g/mol. The third-order valence-corrected chi connectivity index (χ3v) is 7.16. The highest BCUT2D eigenvalue weighted by Gasteiger charge is 2.20. The lowest BCUT2D eigenvalue weighted by molar-refractivity contribution is 0.335. The third-order valence-electron chi connectivity index (χ3n) is 6.92. The highest BCUT2D eigenvalue weighted by Crippen LogP contribution is 2.35. The van der Waals surface area contributed by atoms with Crippen LogP contribution in [-0.2, 0) is 12.8 Å². The molecule has 0 radical (unpaired) electrons. The van der Waals surface area contributed by atoms with Crippen LogP contribution in [0, 0.1) is 0 Å². The van der Waals surface area contributed by atoms with E-state index in [0.29, 0.717) is 0 Å². The molecule has 0 fully saturated rings. The summed E-state index contributed by atoms with van der Waals surface area (Å²) in [6, 6.07) is 25.7. The number of para-hydroxylation sites is 2. The molecule has 5 heteroatoms. The van der Waals surface area contributed by atoms with Crippen molar-refractivity contribution in [2.75, 3.05) is 43.4 Å². The molecule has 1 aromatic heterocycles. The summed E-state index contributed by atoms with van der Waals surface area (Å²) in [6.45, 7) is 4.06. The van der Waals surface area contributed by atoms with Crippen molar-refractivity contribution in [1.82, 2.24) is 9.88 Å². The van der Waals surface area contributed by atoms with Crippen LogP contribution in [0.4, 0.5) is 17.1 Å². The summed E-state index contributed by atoms with van der Waals surface area (Å²) in [4.78, 5) is 9.41. The van der Waals surface area contributed by atoms with Gasteiger partial charge >= 0.3 is 0 Å². The zero-order valence-corrected chi connectivity index (χ0v) is 21.1. The molecule has 1 aliphatic rings. The molecule has 2 heterocycles. The zero-order chi connectivity index (χ0) is 24.0. The standard InChI is InChI=1S/C30H33ClN4/c1-34(19-7-6-17-32-27-16-18-33-28-22-25(31)14-15-26(27)28)20-21-35-29-10-4-2-8-23(29)12-13-24-9-3-5-11-30(24)35/h2-5,8-11,14-16,18,22H,6-7,12-13,17,19-21H2,1H3,(H,32,33). The second-order valence-electron chi connectivity index (χ2n) is 9.37. The van der Waals surface area contributed by atoms with Crippen molar-refractivity contribution in [2.45, 2.75) is 25.7 Å². The Morgan fingerprint density at radius 2 is 1.60 bits per heavy atom. The van der Waals surface area contributed by atoms with Gasteiger partial charge in [0.1, 0.15) is 0 Å². The molecule has 0 saturated heterocycles. The van der Waals surface area contributed by atoms with Crippen molar-refractivity contribution in [3.05, 3.63) is 95.1 Å². The van der Waals surface area contributed by atoms with Crippen molar-refractivity contribution in [1.29, 1.82) is 0 Å². The maximum atomic E-state index is 6.11. The monoisotopic (exact) mass is 484 g/mol. The Hall–Kier alpha value is -3.08. The fraction of sp³-hybridized carbons (Fsp3) is 0.300. The van der Waals surface area contributed by atoms with Gasteiger partial charge in [-0.25, -0.2) is 0 Å². The maximum absolute atomic E-state index is 6.11. The second kappa shape index (κ2) is 11.1. The minimum Gasteiger partial charge on any atom is -0.384 e. The third kappa shape index (κ3) is 5.61. The molecule has 0 spiro atoms. The molecule has 5 rings (SSSR count). The first-order valence-corrected chi connectivity index (χ1v) is 13.0. The van der Waals surface area contributed by atoms with E-state index in [1.165, 1.54) is 22.5 Å². The molecule has 4 nitrogen and oxygen atoms in total. The first-order valence-electron chi connectivity index (χ1n) is 12.6. The molecule has 3 aromatic carbocycles. The van der Waals surface area contributed by atoms with Gasteiger partial charge in [-0.3, -0.25) is 4.98 Å². The Kier molecular flexibility index (Phi) is 7.51. The number of fused-ring (bicyclic) bond motifs is 3. The molecule has 0 atom stereocenters. The normalized spacial score (nSPS) is 12.9. The van der Waals surface area contributed by atoms with Gasteiger partial charge in [-0.1, -0.05) is 48.0 Å². The van der Waals surface area contributed by atoms with Crippen molar-refractivity contribution < 1.29 is 0 Å². The number of hydrogen-bond donors (Lipinski definition) is 1. The first-order chi connectivity index (χ1) is 17.2. The fourth-order valence-corrected chi connectivity index (χ4v) is 5.17. The molecular weight excluding hydrogens is 452 g/mol. The topological polar surface area (TPSA) is 31.4 Å². The summed E-state index contributed by atoms with van der Waals surface area (Å²) >= 11 is 6.11. The van der Waals surface area contributed by atoms with E-state index in [2.05, 4.69) is 75.7 Å². The number of aromatic nitrogens is 1. The van der Waals surface area contributed by atoms with Crippen LogP contribution < -0.4 is 10.2 Å². The lowest BCUT2D eigenvalue weighted by atomic mass is 10.0. The zero-order valence-electron chi connectivity index (χ0n) is 20.4. The Morgan fingerprint density at radius 3 is 2.34 bits per heavy atom. The predicted molar refractivity (Wildman–Crippen MR) is 149 cm³/mol. The first kappa shape index (κ1) is 23.7. The van der Waals surface area contributed by atoms with E-state index in [9.17, 15) is 0 Å². The molecular formula is C30H33ClN4. The van der Waals surface area contributed by atoms with Crippen LogP contribution in [0.2, 0.25) is 5.02 Å². The van der Waals surface area contributed by atoms with Crippen LogP contribution in [0.1, 0.15) is 24.0 Å². The molecule has 0 amide bonds. The lowest BCUT2D eigenvalue weighted by Crippen LogP contribution is -2.31. The van der Waals surface area contributed by atoms with E-state index >= 15 is 0 Å². The number of pyridine rings is 1. The van der Waals surface area contributed by atoms with Gasteiger partial charge in [0.25, 0.3) is 0 Å². The number of unbranched alkanes of at least 4 members (excludes halogenated alkanes) is 1. The van der Waals surface area contributed by atoms with E-state index in [0.717, 1.165) is 73.5 Å². The lowest BCUT2D eigenvalue weighted by Gasteiger charge is -2.29. The van der Waals surface area contributed by atoms with Gasteiger partial charge in [0.2, 0.25) is 0 Å². The molecule has 4 aromatic rings. The highest BCUT2D eigenvalue weighted by molar-refractivity contribution is 6.31. The molecule has 0 aliphatic carbocycles. The number of anilines is 3. The molecule has 180 valence electrons. The molecule has 35 heavy (non-hydrogen) atoms. The van der Waals surface area contributed by atoms with Crippen LogP contribution >= 0.6 is 11.6 Å². The quantitative estimate of drug-likeness (QED) is 0.260. The van der Waals surface area contributed by atoms with E-state index in [4.69, 9.17) is 11.6 Å². The summed E-state index contributed by atoms with van der Waals surface area (Å²) in [5, 5.41) is 5.42. The average Bonchev–Trinajstić information content (AvgIpc) is 3.04. The largest absolute Gasteiger partial charge is 0.384 e. The van der Waals surface area contributed by atoms with Crippen LogP contribution in [0.5, 0.6) is 0 Å². The van der Waals surface area contributed by atoms with Gasteiger partial charge in [-0.2, -0.15) is 0 Å². The summed E-state index contributed by atoms with van der Waals surface area (Å²) in [5.41, 5.74) is 7.67. The Morgan fingerprint density at radius 1 is 0.886 bits per heavy atom. The molecule has 1 aliphatic heterocycles. The molecule has 1 N–H and O–H groups in total. The van der Waals surface area contributed by atoms with Crippen molar-refractivity contribution in [2.24, 2.45) is 0 Å². The van der Waals surface area contributed by atoms with Crippen LogP contribution in [0.3, 0.4) is 0 Å². The maximum Gasteiger partial charge on any atom is 0.0737 e. The van der Waals surface area contributed by atoms with Gasteiger partial charge in [-0.05, 0) is 86.8 Å². The molecule has 0 unspecified atom stereocenters. The van der Waals surface area contributed by atoms with Gasteiger partial charge in [0.15, 0.2) is 0 Å². The van der Waals surface area contributed by atoms with Gasteiger partial charge in [0.05, 0.1) is 5.52 Å². The van der Waals surface area contributed by atoms with Crippen LogP contribution in [0.15, 0.2) is 79.0 Å². The van der Waals surface area contributed by atoms with Gasteiger partial charge in [0, 0.05) is 53.3 Å². The van der Waals surface area contributed by atoms with Gasteiger partial charge in [-0.15, -0.1) is 0 Å². The number of benzene rings is 3. The summed E-state index contributed by atoms with van der Waals surface area (Å²) < 4.78 is 0. The number of aryl methyl sites for hydroxylation is 2. The number of likely N-dealkylation sites (N-methyl/N-ethyl adjacent to an activating group) is 1. The molecule has 0 bridgehead atoms. The van der Waals surface area contributed by atoms with E-state index in [1.807, 2.05) is 30.5 Å². The minimum absolute atomic E-state index is 0.720. The summed E-state index contributed by atoms with van der Waals surface area (Å²) in [7, 11) is 2.24. The number of halogens is 1. The Bertz CT molecular complexity index is 1240. The summed E-state index contributed by atoms with van der Waals surface area (Å²) in [5.74, 6) is 0. The van der Waals surface area contributed by atoms with Crippen LogP contribution in [0.25, 0.3) is 10.9 Å². The predicted octanol–water partition coefficient (Wildman–Crippen LogP) is 6.95. The van der Waals surface area contributed by atoms with Gasteiger partial charge < -0.3 is 15.1 Å². The number of nitrogens with one attached hydrogen (secondary N) is 1. The Labute approximate surface area is 213 Å². The highest BCUT2D eigenvalue weighted by atomic mass is 35.5. The second-order valence-corrected chi connectivity index (χ2v) is 9.80. The number of nitrogens with zero attached hydrogens (tertiary/aromatic N) is 3. The van der Waals surface area contributed by atoms with Crippen molar-refractivity contribution in [3.63, 3.8) is 0 Å². The summed E-state index contributed by atoms with van der Waals surface area (Å²) in [6.07, 6.45) is 6.33. The van der Waals surface area contributed by atoms with E-state index < -0.39 is 0 Å². The van der Waals surface area contributed by atoms with Crippen LogP contribution in [-0.4, -0.2) is 43.1 Å². The van der Waals surface area contributed by atoms with E-state index in [-0.39, 0.29) is 0 Å².